The maximum absolute atomic E-state index is 11.5. The lowest BCUT2D eigenvalue weighted by molar-refractivity contribution is 0.0953. The van der Waals surface area contributed by atoms with Crippen LogP contribution in [0.2, 0.25) is 0 Å². The fraction of sp³-hybridized carbons (Fsp3) is 0.500. The van der Waals surface area contributed by atoms with Gasteiger partial charge in [-0.05, 0) is 19.0 Å². The second-order valence-electron chi connectivity index (χ2n) is 3.14. The first-order valence-electron chi connectivity index (χ1n) is 5.10. The lowest BCUT2D eigenvalue weighted by Crippen LogP contribution is -2.32. The first-order chi connectivity index (χ1) is 7.34. The van der Waals surface area contributed by atoms with Crippen LogP contribution < -0.4 is 10.6 Å². The van der Waals surface area contributed by atoms with Crippen LogP contribution in [0.4, 0.5) is 0 Å². The monoisotopic (exact) mass is 208 g/mol. The summed E-state index contributed by atoms with van der Waals surface area (Å²) in [6.07, 6.45) is 4.06. The van der Waals surface area contributed by atoms with Gasteiger partial charge in [-0.1, -0.05) is 6.92 Å². The van der Waals surface area contributed by atoms with E-state index in [1.54, 1.807) is 6.07 Å². The Bertz CT molecular complexity index is 289. The Kier molecular flexibility index (Phi) is 5.32. The molecule has 0 saturated carbocycles. The molecule has 0 radical (unpaired) electrons. The largest absolute Gasteiger partial charge is 0.351 e. The molecule has 0 aromatic carbocycles. The fourth-order valence-corrected chi connectivity index (χ4v) is 1.09. The lowest BCUT2D eigenvalue weighted by atomic mass is 10.3. The number of carbonyl (C=O) groups is 1. The van der Waals surface area contributed by atoms with Crippen LogP contribution in [0.15, 0.2) is 18.5 Å². The molecule has 0 bridgehead atoms. The van der Waals surface area contributed by atoms with Crippen molar-refractivity contribution in [1.29, 1.82) is 0 Å². The van der Waals surface area contributed by atoms with E-state index in [4.69, 9.17) is 0 Å². The second kappa shape index (κ2) is 6.89. The average Bonchev–Trinajstić information content (AvgIpc) is 2.30. The van der Waals surface area contributed by atoms with Crippen LogP contribution in [0.5, 0.6) is 0 Å². The second-order valence-corrected chi connectivity index (χ2v) is 3.14. The first kappa shape index (κ1) is 11.6. The number of carbonyl (C=O) groups excluding carboxylic acids is 1. The summed E-state index contributed by atoms with van der Waals surface area (Å²) < 4.78 is 0. The van der Waals surface area contributed by atoms with E-state index in [1.807, 2.05) is 0 Å². The molecule has 0 atom stereocenters. The summed E-state index contributed by atoms with van der Waals surface area (Å²) in [4.78, 5) is 11.5. The smallest absolute Gasteiger partial charge is 0.253 e. The molecule has 0 spiro atoms. The van der Waals surface area contributed by atoms with Crippen molar-refractivity contribution in [3.05, 3.63) is 24.0 Å². The number of hydrogen-bond acceptors (Lipinski definition) is 4. The van der Waals surface area contributed by atoms with Crippen LogP contribution in [-0.2, 0) is 0 Å². The van der Waals surface area contributed by atoms with Crippen LogP contribution in [0.3, 0.4) is 0 Å². The fourth-order valence-electron chi connectivity index (χ4n) is 1.09. The molecule has 82 valence electrons. The highest BCUT2D eigenvalue weighted by atomic mass is 16.1. The zero-order valence-corrected chi connectivity index (χ0v) is 8.86. The Morgan fingerprint density at radius 2 is 2.20 bits per heavy atom. The van der Waals surface area contributed by atoms with Crippen LogP contribution in [0.25, 0.3) is 0 Å². The van der Waals surface area contributed by atoms with Gasteiger partial charge in [-0.3, -0.25) is 4.79 Å². The van der Waals surface area contributed by atoms with E-state index in [0.29, 0.717) is 12.1 Å². The lowest BCUT2D eigenvalue weighted by Gasteiger charge is -2.05. The minimum Gasteiger partial charge on any atom is -0.351 e. The summed E-state index contributed by atoms with van der Waals surface area (Å²) in [7, 11) is 0. The zero-order chi connectivity index (χ0) is 10.9. The Morgan fingerprint density at radius 1 is 1.33 bits per heavy atom. The average molecular weight is 208 g/mol. The van der Waals surface area contributed by atoms with Crippen molar-refractivity contribution < 1.29 is 4.79 Å². The summed E-state index contributed by atoms with van der Waals surface area (Å²) in [5.74, 6) is -0.108. The molecule has 5 heteroatoms. The molecule has 5 nitrogen and oxygen atoms in total. The van der Waals surface area contributed by atoms with Crippen molar-refractivity contribution in [3.8, 4) is 0 Å². The molecule has 0 fully saturated rings. The van der Waals surface area contributed by atoms with Gasteiger partial charge in [0.1, 0.15) is 0 Å². The molecule has 0 aliphatic rings. The molecule has 0 aliphatic carbocycles. The van der Waals surface area contributed by atoms with Gasteiger partial charge in [0.25, 0.3) is 5.91 Å². The van der Waals surface area contributed by atoms with E-state index in [9.17, 15) is 4.79 Å². The van der Waals surface area contributed by atoms with Gasteiger partial charge >= 0.3 is 0 Å². The van der Waals surface area contributed by atoms with Gasteiger partial charge in [0.05, 0.1) is 18.0 Å². The van der Waals surface area contributed by atoms with Gasteiger partial charge in [-0.2, -0.15) is 10.2 Å². The molecule has 1 aromatic rings. The molecule has 1 rings (SSSR count). The Labute approximate surface area is 89.3 Å². The minimum atomic E-state index is -0.108. The molecule has 1 aromatic heterocycles. The van der Waals surface area contributed by atoms with E-state index in [2.05, 4.69) is 27.8 Å². The van der Waals surface area contributed by atoms with Crippen LogP contribution in [0.1, 0.15) is 23.7 Å². The topological polar surface area (TPSA) is 66.9 Å². The summed E-state index contributed by atoms with van der Waals surface area (Å²) in [5, 5.41) is 13.2. The van der Waals surface area contributed by atoms with Gasteiger partial charge in [0, 0.05) is 13.1 Å². The molecular formula is C10H16N4O. The third kappa shape index (κ3) is 4.51. The first-order valence-corrected chi connectivity index (χ1v) is 5.10. The molecule has 0 unspecified atom stereocenters. The molecule has 1 amide bonds. The van der Waals surface area contributed by atoms with Crippen molar-refractivity contribution in [2.24, 2.45) is 0 Å². The van der Waals surface area contributed by atoms with Crippen molar-refractivity contribution >= 4 is 5.91 Å². The van der Waals surface area contributed by atoms with Gasteiger partial charge in [0.2, 0.25) is 0 Å². The van der Waals surface area contributed by atoms with Crippen molar-refractivity contribution in [2.45, 2.75) is 13.3 Å². The Hall–Kier alpha value is -1.49. The van der Waals surface area contributed by atoms with E-state index >= 15 is 0 Å². The highest BCUT2D eigenvalue weighted by Crippen LogP contribution is 1.92. The molecule has 0 saturated heterocycles. The number of hydrogen-bond donors (Lipinski definition) is 2. The predicted octanol–water partition coefficient (Wildman–Crippen LogP) is 0.206. The highest BCUT2D eigenvalue weighted by Gasteiger charge is 2.03. The highest BCUT2D eigenvalue weighted by molar-refractivity contribution is 5.93. The van der Waals surface area contributed by atoms with Gasteiger partial charge in [-0.15, -0.1) is 0 Å². The third-order valence-electron chi connectivity index (χ3n) is 1.86. The maximum Gasteiger partial charge on any atom is 0.253 e. The normalized spacial score (nSPS) is 9.93. The van der Waals surface area contributed by atoms with Crippen LogP contribution >= 0.6 is 0 Å². The molecule has 1 heterocycles. The zero-order valence-electron chi connectivity index (χ0n) is 8.86. The summed E-state index contributed by atoms with van der Waals surface area (Å²) in [6, 6.07) is 1.64. The molecule has 2 N–H and O–H groups in total. The number of amides is 1. The number of aromatic nitrogens is 2. The Morgan fingerprint density at radius 3 is 2.87 bits per heavy atom. The summed E-state index contributed by atoms with van der Waals surface area (Å²) >= 11 is 0. The van der Waals surface area contributed by atoms with E-state index in [0.717, 1.165) is 19.5 Å². The minimum absolute atomic E-state index is 0.108. The van der Waals surface area contributed by atoms with Crippen LogP contribution in [0, 0.1) is 0 Å². The Balaban J connectivity index is 2.20. The van der Waals surface area contributed by atoms with Crippen LogP contribution in [-0.4, -0.2) is 35.7 Å². The third-order valence-corrected chi connectivity index (χ3v) is 1.86. The molecular weight excluding hydrogens is 192 g/mol. The number of nitrogens with zero attached hydrogens (tertiary/aromatic N) is 2. The van der Waals surface area contributed by atoms with Crippen molar-refractivity contribution in [1.82, 2.24) is 20.8 Å². The van der Waals surface area contributed by atoms with Gasteiger partial charge < -0.3 is 10.6 Å². The number of nitrogens with one attached hydrogen (secondary N) is 2. The molecule has 0 aliphatic heterocycles. The predicted molar refractivity (Wildman–Crippen MR) is 57.5 cm³/mol. The van der Waals surface area contributed by atoms with E-state index in [-0.39, 0.29) is 5.91 Å². The van der Waals surface area contributed by atoms with Gasteiger partial charge in [-0.25, -0.2) is 0 Å². The van der Waals surface area contributed by atoms with Gasteiger partial charge in [0.15, 0.2) is 0 Å². The van der Waals surface area contributed by atoms with E-state index in [1.165, 1.54) is 12.4 Å². The quantitative estimate of drug-likeness (QED) is 0.656. The van der Waals surface area contributed by atoms with Crippen molar-refractivity contribution in [2.75, 3.05) is 19.6 Å². The summed E-state index contributed by atoms with van der Waals surface area (Å²) in [5.41, 5.74) is 0.542. The van der Waals surface area contributed by atoms with Crippen molar-refractivity contribution in [3.63, 3.8) is 0 Å². The standard InChI is InChI=1S/C10H16N4O/c1-2-4-11-6-7-12-10(15)9-3-5-13-14-8-9/h3,5,8,11H,2,4,6-7H2,1H3,(H,12,15). The maximum atomic E-state index is 11.5. The SMILES string of the molecule is CCCNCCNC(=O)c1ccnnc1. The summed E-state index contributed by atoms with van der Waals surface area (Å²) in [6.45, 7) is 4.50. The van der Waals surface area contributed by atoms with E-state index < -0.39 is 0 Å². The number of rotatable bonds is 6. The molecule has 15 heavy (non-hydrogen) atoms.